The summed E-state index contributed by atoms with van der Waals surface area (Å²) in [5.41, 5.74) is 2.28. The van der Waals surface area contributed by atoms with Crippen molar-refractivity contribution in [2.75, 3.05) is 18.2 Å². The Morgan fingerprint density at radius 3 is 2.56 bits per heavy atom. The second kappa shape index (κ2) is 9.49. The number of hydrogen-bond acceptors (Lipinski definition) is 3. The van der Waals surface area contributed by atoms with Gasteiger partial charge < -0.3 is 10.1 Å². The Morgan fingerprint density at radius 2 is 1.78 bits per heavy atom. The molecule has 0 unspecified atom stereocenters. The monoisotopic (exact) mass is 397 g/mol. The van der Waals surface area contributed by atoms with E-state index in [0.717, 1.165) is 11.3 Å². The fourth-order valence-electron chi connectivity index (χ4n) is 2.61. The number of nitrogens with one attached hydrogen (secondary N) is 1. The highest BCUT2D eigenvalue weighted by Crippen LogP contribution is 2.27. The lowest BCUT2D eigenvalue weighted by Crippen LogP contribution is -2.14. The van der Waals surface area contributed by atoms with Crippen LogP contribution in [0.15, 0.2) is 77.7 Å². The lowest BCUT2D eigenvalue weighted by molar-refractivity contribution is 0.102. The molecule has 3 rings (SSSR count). The van der Waals surface area contributed by atoms with Crippen LogP contribution in [-0.2, 0) is 6.42 Å². The Bertz CT molecular complexity index is 915. The summed E-state index contributed by atoms with van der Waals surface area (Å²) in [6.45, 7) is 0.527. The molecule has 0 aliphatic carbocycles. The number of thioether (sulfide) groups is 1. The number of carbonyl (C=O) groups is 1. The lowest BCUT2D eigenvalue weighted by atomic mass is 10.2. The highest BCUT2D eigenvalue weighted by molar-refractivity contribution is 7.98. The van der Waals surface area contributed by atoms with E-state index in [2.05, 4.69) is 17.4 Å². The average Bonchev–Trinajstić information content (AvgIpc) is 2.70. The van der Waals surface area contributed by atoms with E-state index in [9.17, 15) is 4.79 Å². The van der Waals surface area contributed by atoms with Crippen LogP contribution in [0.4, 0.5) is 5.69 Å². The number of carbonyl (C=O) groups excluding carboxylic acids is 1. The van der Waals surface area contributed by atoms with Gasteiger partial charge in [0, 0.05) is 11.3 Å². The van der Waals surface area contributed by atoms with Gasteiger partial charge in [0.15, 0.2) is 0 Å². The second-order valence-corrected chi connectivity index (χ2v) is 7.17. The zero-order valence-corrected chi connectivity index (χ0v) is 16.5. The summed E-state index contributed by atoms with van der Waals surface area (Å²) in [6, 6.07) is 23.0. The number of para-hydroxylation sites is 2. The molecule has 3 aromatic rings. The first-order valence-electron chi connectivity index (χ1n) is 8.58. The summed E-state index contributed by atoms with van der Waals surface area (Å²) in [6.07, 6.45) is 2.76. The molecule has 3 nitrogen and oxygen atoms in total. The number of halogens is 1. The normalized spacial score (nSPS) is 10.4. The Kier molecular flexibility index (Phi) is 6.80. The molecule has 0 fully saturated rings. The molecule has 0 radical (unpaired) electrons. The molecule has 27 heavy (non-hydrogen) atoms. The van der Waals surface area contributed by atoms with Crippen molar-refractivity contribution in [3.8, 4) is 5.75 Å². The smallest absolute Gasteiger partial charge is 0.257 e. The van der Waals surface area contributed by atoms with Gasteiger partial charge in [-0.3, -0.25) is 4.79 Å². The summed E-state index contributed by atoms with van der Waals surface area (Å²) in [4.78, 5) is 13.7. The van der Waals surface area contributed by atoms with Crippen molar-refractivity contribution in [3.05, 3.63) is 88.9 Å². The van der Waals surface area contributed by atoms with Gasteiger partial charge in [0.2, 0.25) is 0 Å². The van der Waals surface area contributed by atoms with Crippen LogP contribution in [0.1, 0.15) is 15.9 Å². The van der Waals surface area contributed by atoms with Crippen LogP contribution in [0, 0.1) is 0 Å². The first-order valence-corrected chi connectivity index (χ1v) is 10.2. The zero-order valence-electron chi connectivity index (χ0n) is 14.9. The fourth-order valence-corrected chi connectivity index (χ4v) is 3.26. The summed E-state index contributed by atoms with van der Waals surface area (Å²) in [7, 11) is 0. The molecule has 0 aliphatic rings. The molecule has 5 heteroatoms. The third kappa shape index (κ3) is 5.28. The van der Waals surface area contributed by atoms with Crippen LogP contribution in [0.3, 0.4) is 0 Å². The molecule has 0 atom stereocenters. The third-order valence-electron chi connectivity index (χ3n) is 4.04. The van der Waals surface area contributed by atoms with Gasteiger partial charge in [-0.05, 0) is 42.2 Å². The first-order chi connectivity index (χ1) is 13.2. The SMILES string of the molecule is CSc1ccc(Cl)c(C(=O)Nc2ccccc2OCCc2ccccc2)c1. The molecular weight excluding hydrogens is 378 g/mol. The van der Waals surface area contributed by atoms with Crippen LogP contribution >= 0.6 is 23.4 Å². The molecule has 0 bridgehead atoms. The maximum atomic E-state index is 12.7. The van der Waals surface area contributed by atoms with Crippen LogP contribution in [0.25, 0.3) is 0 Å². The van der Waals surface area contributed by atoms with Gasteiger partial charge >= 0.3 is 0 Å². The first kappa shape index (κ1) is 19.3. The van der Waals surface area contributed by atoms with Gasteiger partial charge in [0.1, 0.15) is 5.75 Å². The Morgan fingerprint density at radius 1 is 1.04 bits per heavy atom. The minimum absolute atomic E-state index is 0.255. The van der Waals surface area contributed by atoms with Gasteiger partial charge in [0.05, 0.1) is 22.9 Å². The van der Waals surface area contributed by atoms with E-state index in [1.54, 1.807) is 23.9 Å². The van der Waals surface area contributed by atoms with Crippen LogP contribution in [0.2, 0.25) is 5.02 Å². The van der Waals surface area contributed by atoms with E-state index in [-0.39, 0.29) is 5.91 Å². The maximum absolute atomic E-state index is 12.7. The predicted molar refractivity (Wildman–Crippen MR) is 113 cm³/mol. The Balaban J connectivity index is 1.69. The number of anilines is 1. The van der Waals surface area contributed by atoms with Crippen molar-refractivity contribution in [2.45, 2.75) is 11.3 Å². The molecule has 1 N–H and O–H groups in total. The molecular formula is C22H20ClNO2S. The van der Waals surface area contributed by atoms with E-state index in [1.807, 2.05) is 54.8 Å². The van der Waals surface area contributed by atoms with E-state index in [1.165, 1.54) is 5.56 Å². The number of hydrogen-bond donors (Lipinski definition) is 1. The summed E-state index contributed by atoms with van der Waals surface area (Å²) < 4.78 is 5.90. The van der Waals surface area contributed by atoms with Crippen LogP contribution < -0.4 is 10.1 Å². The van der Waals surface area contributed by atoms with Crippen molar-refractivity contribution in [3.63, 3.8) is 0 Å². The van der Waals surface area contributed by atoms with Gasteiger partial charge in [-0.2, -0.15) is 0 Å². The van der Waals surface area contributed by atoms with Crippen molar-refractivity contribution in [1.29, 1.82) is 0 Å². The average molecular weight is 398 g/mol. The van der Waals surface area contributed by atoms with Crippen molar-refractivity contribution in [1.82, 2.24) is 0 Å². The largest absolute Gasteiger partial charge is 0.491 e. The van der Waals surface area contributed by atoms with E-state index in [4.69, 9.17) is 16.3 Å². The van der Waals surface area contributed by atoms with Crippen molar-refractivity contribution in [2.24, 2.45) is 0 Å². The minimum Gasteiger partial charge on any atom is -0.491 e. The maximum Gasteiger partial charge on any atom is 0.257 e. The highest BCUT2D eigenvalue weighted by Gasteiger charge is 2.14. The van der Waals surface area contributed by atoms with Crippen molar-refractivity contribution < 1.29 is 9.53 Å². The van der Waals surface area contributed by atoms with E-state index in [0.29, 0.717) is 28.6 Å². The van der Waals surface area contributed by atoms with Gasteiger partial charge in [-0.15, -0.1) is 11.8 Å². The standard InChI is InChI=1S/C22H20ClNO2S/c1-27-17-11-12-19(23)18(15-17)22(25)24-20-9-5-6-10-21(20)26-14-13-16-7-3-2-4-8-16/h2-12,15H,13-14H2,1H3,(H,24,25). The third-order valence-corrected chi connectivity index (χ3v) is 5.10. The molecule has 0 saturated carbocycles. The van der Waals surface area contributed by atoms with E-state index < -0.39 is 0 Å². The molecule has 0 aliphatic heterocycles. The highest BCUT2D eigenvalue weighted by atomic mass is 35.5. The lowest BCUT2D eigenvalue weighted by Gasteiger charge is -2.13. The summed E-state index contributed by atoms with van der Waals surface area (Å²) in [5.74, 6) is 0.383. The molecule has 1 amide bonds. The van der Waals surface area contributed by atoms with Crippen LogP contribution in [-0.4, -0.2) is 18.8 Å². The summed E-state index contributed by atoms with van der Waals surface area (Å²) in [5, 5.41) is 3.33. The fraction of sp³-hybridized carbons (Fsp3) is 0.136. The van der Waals surface area contributed by atoms with Crippen molar-refractivity contribution >= 4 is 35.0 Å². The summed E-state index contributed by atoms with van der Waals surface area (Å²) >= 11 is 7.77. The number of ether oxygens (including phenoxy) is 1. The quantitative estimate of drug-likeness (QED) is 0.501. The molecule has 0 spiro atoms. The molecule has 0 saturated heterocycles. The Labute approximate surface area is 168 Å². The number of amides is 1. The second-order valence-electron chi connectivity index (χ2n) is 5.88. The number of benzene rings is 3. The molecule has 0 heterocycles. The molecule has 0 aromatic heterocycles. The van der Waals surface area contributed by atoms with Gasteiger partial charge in [-0.1, -0.05) is 54.1 Å². The predicted octanol–water partition coefficient (Wildman–Crippen LogP) is 5.94. The van der Waals surface area contributed by atoms with Gasteiger partial charge in [-0.25, -0.2) is 0 Å². The topological polar surface area (TPSA) is 38.3 Å². The van der Waals surface area contributed by atoms with Crippen LogP contribution in [0.5, 0.6) is 5.75 Å². The zero-order chi connectivity index (χ0) is 19.1. The molecule has 138 valence electrons. The molecule has 3 aromatic carbocycles. The number of rotatable bonds is 7. The van der Waals surface area contributed by atoms with Gasteiger partial charge in [0.25, 0.3) is 5.91 Å². The van der Waals surface area contributed by atoms with E-state index >= 15 is 0 Å². The minimum atomic E-state index is -0.255. The Hall–Kier alpha value is -2.43.